The molecule has 220 valence electrons. The summed E-state index contributed by atoms with van der Waals surface area (Å²) in [7, 11) is -3.57. The first-order valence-electron chi connectivity index (χ1n) is 14.0. The summed E-state index contributed by atoms with van der Waals surface area (Å²) in [6.45, 7) is 0.183. The van der Waals surface area contributed by atoms with Crippen LogP contribution in [0.3, 0.4) is 0 Å². The summed E-state index contributed by atoms with van der Waals surface area (Å²) < 4.78 is 51.5. The first-order valence-corrected chi connectivity index (χ1v) is 16.5. The minimum atomic E-state index is -3.57. The van der Waals surface area contributed by atoms with Crippen LogP contribution in [0, 0.1) is 11.7 Å². The number of sulfone groups is 1. The van der Waals surface area contributed by atoms with E-state index in [4.69, 9.17) is 32.5 Å². The molecule has 12 heteroatoms. The van der Waals surface area contributed by atoms with Gasteiger partial charge in [0.25, 0.3) is 0 Å². The van der Waals surface area contributed by atoms with Crippen molar-refractivity contribution < 1.29 is 31.7 Å². The predicted molar refractivity (Wildman–Crippen MR) is 154 cm³/mol. The van der Waals surface area contributed by atoms with Crippen LogP contribution >= 0.6 is 23.2 Å². The molecule has 1 saturated heterocycles. The molecule has 4 fully saturated rings. The Balaban J connectivity index is 1.06. The fraction of sp³-hybridized carbons (Fsp3) is 0.433. The van der Waals surface area contributed by atoms with Crippen LogP contribution in [0.5, 0.6) is 0 Å². The van der Waals surface area contributed by atoms with Gasteiger partial charge in [0.05, 0.1) is 39.5 Å². The number of benzene rings is 2. The third-order valence-corrected chi connectivity index (χ3v) is 11.5. The highest BCUT2D eigenvalue weighted by molar-refractivity contribution is 7.93. The molecule has 2 bridgehead atoms. The second-order valence-corrected chi connectivity index (χ2v) is 14.7. The minimum absolute atomic E-state index is 0.173. The number of carbonyl (C=O) groups is 2. The molecule has 3 saturated carbocycles. The maximum absolute atomic E-state index is 15.0. The molecule has 4 aliphatic rings. The number of aromatic nitrogens is 1. The van der Waals surface area contributed by atoms with E-state index >= 15 is 4.39 Å². The number of Topliss-reactive ketones (excluding diaryl/α,β-unsaturated/α-hetero) is 1. The van der Waals surface area contributed by atoms with Crippen molar-refractivity contribution in [2.24, 2.45) is 5.92 Å². The van der Waals surface area contributed by atoms with Gasteiger partial charge < -0.3 is 14.2 Å². The number of piperidine rings is 1. The highest BCUT2D eigenvalue weighted by Crippen LogP contribution is 2.48. The van der Waals surface area contributed by atoms with Gasteiger partial charge in [-0.1, -0.05) is 34.4 Å². The van der Waals surface area contributed by atoms with Crippen molar-refractivity contribution in [2.75, 3.05) is 10.7 Å². The van der Waals surface area contributed by atoms with Gasteiger partial charge in [-0.3, -0.25) is 9.59 Å². The van der Waals surface area contributed by atoms with Crippen molar-refractivity contribution in [3.63, 3.8) is 0 Å². The van der Waals surface area contributed by atoms with Crippen molar-refractivity contribution in [3.8, 4) is 11.3 Å². The average molecular weight is 634 g/mol. The molecule has 3 atom stereocenters. The second-order valence-electron chi connectivity index (χ2n) is 11.6. The third kappa shape index (κ3) is 4.96. The zero-order valence-corrected chi connectivity index (χ0v) is 24.7. The monoisotopic (exact) mass is 632 g/mol. The van der Waals surface area contributed by atoms with Crippen LogP contribution in [-0.2, 0) is 26.0 Å². The Hall–Kier alpha value is -2.79. The molecule has 1 aromatic heterocycles. The van der Waals surface area contributed by atoms with Gasteiger partial charge in [-0.05, 0) is 68.9 Å². The fourth-order valence-electron chi connectivity index (χ4n) is 6.25. The van der Waals surface area contributed by atoms with Gasteiger partial charge in [0, 0.05) is 28.8 Å². The van der Waals surface area contributed by atoms with Gasteiger partial charge in [0.15, 0.2) is 15.6 Å². The van der Waals surface area contributed by atoms with Gasteiger partial charge in [0.1, 0.15) is 23.0 Å². The molecule has 0 unspecified atom stereocenters. The zero-order valence-electron chi connectivity index (χ0n) is 22.4. The summed E-state index contributed by atoms with van der Waals surface area (Å²) in [5.41, 5.74) is 1.97. The Bertz CT molecular complexity index is 1700. The average Bonchev–Trinajstić information content (AvgIpc) is 3.86. The van der Waals surface area contributed by atoms with Gasteiger partial charge in [-0.15, -0.1) is 0 Å². The Morgan fingerprint density at radius 1 is 1.10 bits per heavy atom. The van der Waals surface area contributed by atoms with E-state index in [2.05, 4.69) is 5.16 Å². The molecule has 2 heterocycles. The topological polar surface area (TPSA) is 107 Å². The van der Waals surface area contributed by atoms with E-state index in [1.54, 1.807) is 23.1 Å². The standard InChI is InChI=1S/C30H27Cl2FN2O6S/c31-22-2-1-3-23(32)27(22)28-21(29(41-34-28)15-4-5-15)13-40-26-12-17-10-20(26)30(37)35(17)16-6-9-19(24(33)11-16)25(36)14-42(38,39)18-7-8-18/h1-3,6,9,11,15,17-18,20,26H,4-5,7-8,10,12-14H2/t17-,20+,26+/m0/s1. The van der Waals surface area contributed by atoms with Crippen LogP contribution in [0.15, 0.2) is 40.9 Å². The molecule has 0 radical (unpaired) electrons. The lowest BCUT2D eigenvalue weighted by Crippen LogP contribution is -2.43. The predicted octanol–water partition coefficient (Wildman–Crippen LogP) is 6.14. The van der Waals surface area contributed by atoms with Gasteiger partial charge in [0.2, 0.25) is 5.91 Å². The minimum Gasteiger partial charge on any atom is -0.372 e. The van der Waals surface area contributed by atoms with Crippen LogP contribution in [-0.4, -0.2) is 48.4 Å². The SMILES string of the molecule is O=C(CS(=O)(=O)C1CC1)c1ccc(N2C(=O)[C@@H]3C[C@H]2C[C@H]3OCc2c(-c3c(Cl)cccc3Cl)noc2C2CC2)cc1F. The summed E-state index contributed by atoms with van der Waals surface area (Å²) in [6.07, 6.45) is 3.86. The molecule has 2 aromatic carbocycles. The highest BCUT2D eigenvalue weighted by Gasteiger charge is 2.52. The fourth-order valence-corrected chi connectivity index (χ4v) is 8.44. The van der Waals surface area contributed by atoms with Crippen molar-refractivity contribution in [3.05, 3.63) is 69.1 Å². The number of ether oxygens (including phenoxy) is 1. The van der Waals surface area contributed by atoms with Crippen molar-refractivity contribution in [1.29, 1.82) is 0 Å². The number of hydrogen-bond donors (Lipinski definition) is 0. The quantitative estimate of drug-likeness (QED) is 0.247. The van der Waals surface area contributed by atoms with E-state index in [9.17, 15) is 18.0 Å². The van der Waals surface area contributed by atoms with Crippen LogP contribution in [0.4, 0.5) is 10.1 Å². The van der Waals surface area contributed by atoms with Gasteiger partial charge in [-0.2, -0.15) is 0 Å². The lowest BCUT2D eigenvalue weighted by atomic mass is 10.0. The van der Waals surface area contributed by atoms with E-state index < -0.39 is 38.4 Å². The third-order valence-electron chi connectivity index (χ3n) is 8.70. The van der Waals surface area contributed by atoms with E-state index in [-0.39, 0.29) is 36.1 Å². The van der Waals surface area contributed by atoms with Crippen molar-refractivity contribution in [2.45, 2.75) is 68.4 Å². The number of anilines is 1. The first-order chi connectivity index (χ1) is 20.1. The van der Waals surface area contributed by atoms with Crippen molar-refractivity contribution in [1.82, 2.24) is 5.16 Å². The Labute approximate surface area is 252 Å². The summed E-state index contributed by atoms with van der Waals surface area (Å²) in [5.74, 6) is -1.87. The second kappa shape index (κ2) is 10.4. The molecular formula is C30H27Cl2FN2O6S. The van der Waals surface area contributed by atoms with Crippen LogP contribution in [0.1, 0.15) is 66.1 Å². The number of amides is 1. The molecule has 7 rings (SSSR count). The summed E-state index contributed by atoms with van der Waals surface area (Å²) in [5, 5.41) is 4.70. The van der Waals surface area contributed by atoms with Crippen LogP contribution in [0.2, 0.25) is 10.0 Å². The zero-order chi connectivity index (χ0) is 29.3. The number of ketones is 1. The van der Waals surface area contributed by atoms with Crippen LogP contribution < -0.4 is 4.90 Å². The number of rotatable bonds is 10. The summed E-state index contributed by atoms with van der Waals surface area (Å²) in [6, 6.07) is 8.97. The van der Waals surface area contributed by atoms with Gasteiger partial charge >= 0.3 is 0 Å². The lowest BCUT2D eigenvalue weighted by Gasteiger charge is -2.31. The maximum Gasteiger partial charge on any atom is 0.233 e. The molecule has 0 N–H and O–H groups in total. The van der Waals surface area contributed by atoms with Crippen molar-refractivity contribution >= 4 is 50.4 Å². The number of nitrogens with zero attached hydrogens (tertiary/aromatic N) is 2. The largest absolute Gasteiger partial charge is 0.372 e. The van der Waals surface area contributed by atoms with E-state index in [0.29, 0.717) is 52.7 Å². The molecular weight excluding hydrogens is 606 g/mol. The Morgan fingerprint density at radius 3 is 2.48 bits per heavy atom. The van der Waals surface area contributed by atoms with E-state index in [1.165, 1.54) is 12.1 Å². The Morgan fingerprint density at radius 2 is 1.83 bits per heavy atom. The van der Waals surface area contributed by atoms with Gasteiger partial charge in [-0.25, -0.2) is 12.8 Å². The molecule has 1 aliphatic heterocycles. The molecule has 42 heavy (non-hydrogen) atoms. The normalized spacial score (nSPS) is 23.6. The van der Waals surface area contributed by atoms with E-state index in [0.717, 1.165) is 30.2 Å². The molecule has 1 amide bonds. The smallest absolute Gasteiger partial charge is 0.233 e. The summed E-state index contributed by atoms with van der Waals surface area (Å²) >= 11 is 12.9. The number of hydrogen-bond acceptors (Lipinski definition) is 7. The summed E-state index contributed by atoms with van der Waals surface area (Å²) in [4.78, 5) is 27.5. The highest BCUT2D eigenvalue weighted by atomic mass is 35.5. The first kappa shape index (κ1) is 28.0. The number of halogens is 3. The van der Waals surface area contributed by atoms with E-state index in [1.807, 2.05) is 0 Å². The number of carbonyl (C=O) groups excluding carboxylic acids is 2. The Kier molecular flexibility index (Phi) is 6.96. The molecule has 8 nitrogen and oxygen atoms in total. The number of fused-ring (bicyclic) bond motifs is 2. The molecule has 3 aromatic rings. The maximum atomic E-state index is 15.0. The lowest BCUT2D eigenvalue weighted by molar-refractivity contribution is -0.126. The van der Waals surface area contributed by atoms with Crippen LogP contribution in [0.25, 0.3) is 11.3 Å². The molecule has 3 aliphatic carbocycles. The molecule has 0 spiro atoms.